The van der Waals surface area contributed by atoms with E-state index in [0.717, 1.165) is 5.75 Å². The summed E-state index contributed by atoms with van der Waals surface area (Å²) in [6.45, 7) is 2.22. The molecule has 112 valence electrons. The number of imidazole rings is 1. The lowest BCUT2D eigenvalue weighted by molar-refractivity contribution is 0.361. The second-order valence-corrected chi connectivity index (χ2v) is 5.78. The molecule has 4 heteroatoms. The maximum atomic E-state index is 5.31. The maximum Gasteiger partial charge on any atom is 0.119 e. The molecule has 0 aliphatic heterocycles. The third-order valence-corrected chi connectivity index (χ3v) is 4.45. The van der Waals surface area contributed by atoms with E-state index in [1.165, 1.54) is 24.8 Å². The Bertz CT molecular complexity index is 567. The van der Waals surface area contributed by atoms with E-state index < -0.39 is 0 Å². The first kappa shape index (κ1) is 14.1. The summed E-state index contributed by atoms with van der Waals surface area (Å²) < 4.78 is 7.55. The maximum absolute atomic E-state index is 5.31. The second-order valence-electron chi connectivity index (χ2n) is 5.78. The van der Waals surface area contributed by atoms with Crippen LogP contribution in [0, 0.1) is 0 Å². The van der Waals surface area contributed by atoms with Gasteiger partial charge in [-0.3, -0.25) is 0 Å². The summed E-state index contributed by atoms with van der Waals surface area (Å²) in [5, 5.41) is 3.78. The molecule has 1 aromatic carbocycles. The van der Waals surface area contributed by atoms with E-state index in [-0.39, 0.29) is 0 Å². The van der Waals surface area contributed by atoms with Crippen LogP contribution in [0.5, 0.6) is 5.75 Å². The fourth-order valence-corrected chi connectivity index (χ4v) is 3.29. The summed E-state index contributed by atoms with van der Waals surface area (Å²) in [7, 11) is 1.71. The van der Waals surface area contributed by atoms with E-state index in [0.29, 0.717) is 18.1 Å². The first-order chi connectivity index (χ1) is 10.3. The van der Waals surface area contributed by atoms with Gasteiger partial charge in [-0.15, -0.1) is 0 Å². The number of ether oxygens (including phenoxy) is 1. The Morgan fingerprint density at radius 3 is 3.05 bits per heavy atom. The lowest BCUT2D eigenvalue weighted by atomic mass is 10.1. The second kappa shape index (κ2) is 6.31. The normalized spacial score (nSPS) is 23.1. The quantitative estimate of drug-likeness (QED) is 0.916. The molecule has 3 rings (SSSR count). The Kier molecular flexibility index (Phi) is 4.25. The largest absolute Gasteiger partial charge is 0.497 e. The van der Waals surface area contributed by atoms with Gasteiger partial charge in [-0.05, 0) is 43.9 Å². The first-order valence-corrected chi connectivity index (χ1v) is 7.65. The molecule has 1 saturated carbocycles. The van der Waals surface area contributed by atoms with Crippen LogP contribution in [-0.2, 0) is 0 Å². The number of hydrogen-bond acceptors (Lipinski definition) is 3. The molecule has 0 amide bonds. The van der Waals surface area contributed by atoms with Crippen LogP contribution in [0.3, 0.4) is 0 Å². The number of hydrogen-bond donors (Lipinski definition) is 1. The molecule has 4 nitrogen and oxygen atoms in total. The smallest absolute Gasteiger partial charge is 0.119 e. The highest BCUT2D eigenvalue weighted by Crippen LogP contribution is 2.32. The highest BCUT2D eigenvalue weighted by molar-refractivity contribution is 5.30. The molecule has 3 atom stereocenters. The van der Waals surface area contributed by atoms with Crippen LogP contribution in [-0.4, -0.2) is 22.7 Å². The van der Waals surface area contributed by atoms with Crippen molar-refractivity contribution in [3.05, 3.63) is 48.5 Å². The van der Waals surface area contributed by atoms with Crippen molar-refractivity contribution in [2.75, 3.05) is 7.11 Å². The summed E-state index contributed by atoms with van der Waals surface area (Å²) in [6, 6.07) is 9.63. The third kappa shape index (κ3) is 3.10. The van der Waals surface area contributed by atoms with Crippen molar-refractivity contribution in [1.29, 1.82) is 0 Å². The molecule has 1 N–H and O–H groups in total. The molecule has 1 heterocycles. The predicted molar refractivity (Wildman–Crippen MR) is 83.4 cm³/mol. The number of benzene rings is 1. The molecule has 1 aliphatic carbocycles. The highest BCUT2D eigenvalue weighted by atomic mass is 16.5. The topological polar surface area (TPSA) is 39.1 Å². The zero-order valence-electron chi connectivity index (χ0n) is 12.7. The Hall–Kier alpha value is -1.81. The van der Waals surface area contributed by atoms with Gasteiger partial charge in [-0.1, -0.05) is 12.1 Å². The summed E-state index contributed by atoms with van der Waals surface area (Å²) in [4.78, 5) is 4.18. The molecular formula is C17H23N3O. The fraction of sp³-hybridized carbons (Fsp3) is 0.471. The van der Waals surface area contributed by atoms with Gasteiger partial charge in [0.2, 0.25) is 0 Å². The van der Waals surface area contributed by atoms with E-state index >= 15 is 0 Å². The third-order valence-electron chi connectivity index (χ3n) is 4.45. The van der Waals surface area contributed by atoms with Crippen molar-refractivity contribution in [1.82, 2.24) is 14.9 Å². The van der Waals surface area contributed by atoms with E-state index in [1.807, 2.05) is 24.7 Å². The van der Waals surface area contributed by atoms with Gasteiger partial charge in [0, 0.05) is 30.5 Å². The molecule has 2 aromatic rings. The molecule has 1 aromatic heterocycles. The van der Waals surface area contributed by atoms with Crippen LogP contribution in [0.4, 0.5) is 0 Å². The summed E-state index contributed by atoms with van der Waals surface area (Å²) >= 11 is 0. The van der Waals surface area contributed by atoms with Crippen molar-refractivity contribution < 1.29 is 4.74 Å². The zero-order chi connectivity index (χ0) is 14.7. The highest BCUT2D eigenvalue weighted by Gasteiger charge is 2.29. The minimum absolute atomic E-state index is 0.314. The standard InChI is InChI=1S/C17H23N3O/c1-13(14-5-3-6-15(11-14)21-2)19-16-7-4-8-17(16)20-10-9-18-12-20/h3,5-6,9-13,16-17,19H,4,7-8H2,1-2H3. The van der Waals surface area contributed by atoms with Crippen LogP contribution >= 0.6 is 0 Å². The summed E-state index contributed by atoms with van der Waals surface area (Å²) in [5.74, 6) is 0.915. The van der Waals surface area contributed by atoms with Crippen LogP contribution in [0.2, 0.25) is 0 Å². The van der Waals surface area contributed by atoms with Crippen LogP contribution in [0.15, 0.2) is 43.0 Å². The van der Waals surface area contributed by atoms with Gasteiger partial charge in [-0.25, -0.2) is 4.98 Å². The van der Waals surface area contributed by atoms with Crippen molar-refractivity contribution in [2.45, 2.75) is 44.3 Å². The lowest BCUT2D eigenvalue weighted by Gasteiger charge is -2.26. The monoisotopic (exact) mass is 285 g/mol. The summed E-state index contributed by atoms with van der Waals surface area (Å²) in [6.07, 6.45) is 9.57. The van der Waals surface area contributed by atoms with Gasteiger partial charge >= 0.3 is 0 Å². The number of nitrogens with zero attached hydrogens (tertiary/aromatic N) is 2. The van der Waals surface area contributed by atoms with Gasteiger partial charge in [0.15, 0.2) is 0 Å². The Morgan fingerprint density at radius 2 is 2.29 bits per heavy atom. The molecule has 0 bridgehead atoms. The number of methoxy groups -OCH3 is 1. The number of aromatic nitrogens is 2. The van der Waals surface area contributed by atoms with Crippen molar-refractivity contribution in [3.63, 3.8) is 0 Å². The first-order valence-electron chi connectivity index (χ1n) is 7.65. The van der Waals surface area contributed by atoms with Crippen molar-refractivity contribution >= 4 is 0 Å². The predicted octanol–water partition coefficient (Wildman–Crippen LogP) is 3.34. The van der Waals surface area contributed by atoms with Gasteiger partial charge in [0.25, 0.3) is 0 Å². The van der Waals surface area contributed by atoms with Gasteiger partial charge in [0.1, 0.15) is 5.75 Å². The van der Waals surface area contributed by atoms with Crippen LogP contribution in [0.25, 0.3) is 0 Å². The van der Waals surface area contributed by atoms with E-state index in [9.17, 15) is 0 Å². The van der Waals surface area contributed by atoms with E-state index in [2.05, 4.69) is 40.1 Å². The molecule has 1 aliphatic rings. The fourth-order valence-electron chi connectivity index (χ4n) is 3.29. The Morgan fingerprint density at radius 1 is 1.38 bits per heavy atom. The average molecular weight is 285 g/mol. The van der Waals surface area contributed by atoms with Crippen LogP contribution in [0.1, 0.15) is 43.8 Å². The molecule has 0 saturated heterocycles. The number of nitrogens with one attached hydrogen (secondary N) is 1. The molecule has 1 fully saturated rings. The van der Waals surface area contributed by atoms with Crippen molar-refractivity contribution in [3.8, 4) is 5.75 Å². The molecular weight excluding hydrogens is 262 g/mol. The van der Waals surface area contributed by atoms with Gasteiger partial charge in [0.05, 0.1) is 13.4 Å². The Balaban J connectivity index is 1.70. The van der Waals surface area contributed by atoms with Crippen molar-refractivity contribution in [2.24, 2.45) is 0 Å². The molecule has 3 unspecified atom stereocenters. The van der Waals surface area contributed by atoms with Gasteiger partial charge in [-0.2, -0.15) is 0 Å². The van der Waals surface area contributed by atoms with Crippen LogP contribution < -0.4 is 10.1 Å². The van der Waals surface area contributed by atoms with Gasteiger partial charge < -0.3 is 14.6 Å². The molecule has 0 radical (unpaired) electrons. The SMILES string of the molecule is COc1cccc(C(C)NC2CCCC2n2ccnc2)c1. The average Bonchev–Trinajstić information content (AvgIpc) is 3.18. The molecule has 21 heavy (non-hydrogen) atoms. The number of rotatable bonds is 5. The van der Waals surface area contributed by atoms with E-state index in [4.69, 9.17) is 4.74 Å². The molecule has 0 spiro atoms. The minimum atomic E-state index is 0.314. The zero-order valence-corrected chi connectivity index (χ0v) is 12.7. The minimum Gasteiger partial charge on any atom is -0.497 e. The Labute approximate surface area is 126 Å². The summed E-state index contributed by atoms with van der Waals surface area (Å²) in [5.41, 5.74) is 1.27. The van der Waals surface area contributed by atoms with E-state index in [1.54, 1.807) is 7.11 Å². The lowest BCUT2D eigenvalue weighted by Crippen LogP contribution is -2.35.